The van der Waals surface area contributed by atoms with Gasteiger partial charge in [-0.05, 0) is 6.92 Å². The van der Waals surface area contributed by atoms with E-state index in [1.807, 2.05) is 13.8 Å². The molecule has 9 heavy (non-hydrogen) atoms. The predicted octanol–water partition coefficient (Wildman–Crippen LogP) is -0.170. The fourth-order valence-corrected chi connectivity index (χ4v) is 0.373. The zero-order valence-electron chi connectivity index (χ0n) is 5.82. The number of hydrogen-bond donors (Lipinski definition) is 3. The molecule has 0 fully saturated rings. The second kappa shape index (κ2) is 5.37. The Bertz CT molecular complexity index is 84.3. The first-order valence-electron chi connectivity index (χ1n) is 3.08. The van der Waals surface area contributed by atoms with Crippen LogP contribution in [0.15, 0.2) is 0 Å². The molecule has 0 saturated heterocycles. The van der Waals surface area contributed by atoms with Crippen molar-refractivity contribution in [3.8, 4) is 0 Å². The van der Waals surface area contributed by atoms with Gasteiger partial charge in [-0.3, -0.25) is 5.43 Å². The van der Waals surface area contributed by atoms with Crippen molar-refractivity contribution < 1.29 is 4.79 Å². The third-order valence-corrected chi connectivity index (χ3v) is 0.716. The van der Waals surface area contributed by atoms with Gasteiger partial charge in [0.2, 0.25) is 0 Å². The van der Waals surface area contributed by atoms with E-state index in [4.69, 9.17) is 0 Å². The summed E-state index contributed by atoms with van der Waals surface area (Å²) in [6.45, 7) is 5.16. The van der Waals surface area contributed by atoms with Crippen LogP contribution in [0.2, 0.25) is 0 Å². The molecule has 0 rings (SSSR count). The lowest BCUT2D eigenvalue weighted by molar-refractivity contribution is 0.237. The number of hydrogen-bond acceptors (Lipinski definition) is 2. The van der Waals surface area contributed by atoms with E-state index in [1.54, 1.807) is 0 Å². The molecular weight excluding hydrogens is 118 g/mol. The molecule has 0 aliphatic heterocycles. The number of amides is 2. The topological polar surface area (TPSA) is 53.2 Å². The van der Waals surface area contributed by atoms with Crippen LogP contribution in [-0.4, -0.2) is 19.1 Å². The minimum atomic E-state index is -0.181. The summed E-state index contributed by atoms with van der Waals surface area (Å²) >= 11 is 0. The maximum atomic E-state index is 10.5. The van der Waals surface area contributed by atoms with E-state index in [-0.39, 0.29) is 6.03 Å². The van der Waals surface area contributed by atoms with Crippen LogP contribution in [0, 0.1) is 0 Å². The first kappa shape index (κ1) is 8.23. The molecule has 0 heterocycles. The molecule has 0 aliphatic rings. The molecule has 4 nitrogen and oxygen atoms in total. The largest absolute Gasteiger partial charge is 0.337 e. The van der Waals surface area contributed by atoms with Crippen LogP contribution in [0.1, 0.15) is 13.8 Å². The van der Waals surface area contributed by atoms with Gasteiger partial charge in [-0.1, -0.05) is 6.92 Å². The molecule has 3 N–H and O–H groups in total. The third kappa shape index (κ3) is 5.10. The number of nitrogens with one attached hydrogen (secondary N) is 3. The normalized spacial score (nSPS) is 8.67. The zero-order chi connectivity index (χ0) is 7.11. The molecule has 2 amide bonds. The van der Waals surface area contributed by atoms with E-state index in [1.165, 1.54) is 0 Å². The van der Waals surface area contributed by atoms with Crippen LogP contribution >= 0.6 is 0 Å². The molecule has 0 atom stereocenters. The monoisotopic (exact) mass is 131 g/mol. The van der Waals surface area contributed by atoms with Crippen molar-refractivity contribution in [1.82, 2.24) is 16.2 Å². The lowest BCUT2D eigenvalue weighted by atomic mass is 10.7. The van der Waals surface area contributed by atoms with Crippen LogP contribution in [0.3, 0.4) is 0 Å². The standard InChI is InChI=1S/C5H13N3O/c1-3-6-5(9)8-7-4-2/h7H,3-4H2,1-2H3,(H2,6,8,9). The fourth-order valence-electron chi connectivity index (χ4n) is 0.373. The number of carbonyl (C=O) groups is 1. The minimum Gasteiger partial charge on any atom is -0.337 e. The molecule has 0 bridgehead atoms. The SMILES string of the molecule is CCNNC(=O)NCC. The lowest BCUT2D eigenvalue weighted by Crippen LogP contribution is -2.43. The van der Waals surface area contributed by atoms with Gasteiger partial charge in [-0.15, -0.1) is 0 Å². The molecule has 0 spiro atoms. The summed E-state index contributed by atoms with van der Waals surface area (Å²) in [5, 5.41) is 2.57. The molecule has 0 aromatic heterocycles. The van der Waals surface area contributed by atoms with Crippen molar-refractivity contribution in [3.05, 3.63) is 0 Å². The Balaban J connectivity index is 3.06. The van der Waals surface area contributed by atoms with E-state index in [9.17, 15) is 4.79 Å². The molecule has 54 valence electrons. The van der Waals surface area contributed by atoms with Crippen LogP contribution in [0.4, 0.5) is 4.79 Å². The van der Waals surface area contributed by atoms with Crippen LogP contribution < -0.4 is 16.2 Å². The Kier molecular flexibility index (Phi) is 4.91. The maximum Gasteiger partial charge on any atom is 0.329 e. The summed E-state index contributed by atoms with van der Waals surface area (Å²) in [5.41, 5.74) is 5.10. The highest BCUT2D eigenvalue weighted by Gasteiger charge is 1.91. The summed E-state index contributed by atoms with van der Waals surface area (Å²) < 4.78 is 0. The Morgan fingerprint density at radius 2 is 2.00 bits per heavy atom. The van der Waals surface area contributed by atoms with Crippen molar-refractivity contribution in [2.45, 2.75) is 13.8 Å². The summed E-state index contributed by atoms with van der Waals surface area (Å²) in [7, 11) is 0. The van der Waals surface area contributed by atoms with Crippen molar-refractivity contribution in [2.24, 2.45) is 0 Å². The van der Waals surface area contributed by atoms with Gasteiger partial charge in [-0.25, -0.2) is 10.2 Å². The van der Waals surface area contributed by atoms with E-state index < -0.39 is 0 Å². The summed E-state index contributed by atoms with van der Waals surface area (Å²) in [6, 6.07) is -0.181. The van der Waals surface area contributed by atoms with Gasteiger partial charge in [0.15, 0.2) is 0 Å². The number of carbonyl (C=O) groups excluding carboxylic acids is 1. The fraction of sp³-hybridized carbons (Fsp3) is 0.800. The zero-order valence-corrected chi connectivity index (χ0v) is 5.82. The van der Waals surface area contributed by atoms with E-state index in [0.29, 0.717) is 6.54 Å². The molecule has 0 aromatic rings. The quantitative estimate of drug-likeness (QED) is 0.466. The van der Waals surface area contributed by atoms with Crippen LogP contribution in [0.5, 0.6) is 0 Å². The highest BCUT2D eigenvalue weighted by Crippen LogP contribution is 1.58. The number of rotatable bonds is 3. The smallest absolute Gasteiger partial charge is 0.329 e. The van der Waals surface area contributed by atoms with Gasteiger partial charge in [0.05, 0.1) is 0 Å². The second-order valence-electron chi connectivity index (χ2n) is 1.51. The second-order valence-corrected chi connectivity index (χ2v) is 1.51. The Morgan fingerprint density at radius 1 is 1.33 bits per heavy atom. The number of urea groups is 1. The van der Waals surface area contributed by atoms with Gasteiger partial charge in [-0.2, -0.15) is 0 Å². The van der Waals surface area contributed by atoms with E-state index in [0.717, 1.165) is 6.54 Å². The predicted molar refractivity (Wildman–Crippen MR) is 35.9 cm³/mol. The van der Waals surface area contributed by atoms with Gasteiger partial charge >= 0.3 is 6.03 Å². The van der Waals surface area contributed by atoms with Crippen LogP contribution in [0.25, 0.3) is 0 Å². The molecule has 0 saturated carbocycles. The minimum absolute atomic E-state index is 0.181. The first-order valence-corrected chi connectivity index (χ1v) is 3.08. The van der Waals surface area contributed by atoms with Crippen molar-refractivity contribution >= 4 is 6.03 Å². The molecule has 4 heteroatoms. The maximum absolute atomic E-state index is 10.5. The third-order valence-electron chi connectivity index (χ3n) is 0.716. The first-order chi connectivity index (χ1) is 4.31. The molecule has 0 aliphatic carbocycles. The summed E-state index contributed by atoms with van der Waals surface area (Å²) in [4.78, 5) is 10.5. The average molecular weight is 131 g/mol. The molecule has 0 unspecified atom stereocenters. The molecule has 0 aromatic carbocycles. The van der Waals surface area contributed by atoms with Gasteiger partial charge in [0.1, 0.15) is 0 Å². The lowest BCUT2D eigenvalue weighted by Gasteiger charge is -2.03. The summed E-state index contributed by atoms with van der Waals surface area (Å²) in [6.07, 6.45) is 0. The van der Waals surface area contributed by atoms with Gasteiger partial charge in [0, 0.05) is 13.1 Å². The van der Waals surface area contributed by atoms with Gasteiger partial charge in [0.25, 0.3) is 0 Å². The van der Waals surface area contributed by atoms with Crippen molar-refractivity contribution in [3.63, 3.8) is 0 Å². The Hall–Kier alpha value is -0.770. The summed E-state index contributed by atoms with van der Waals surface area (Å²) in [5.74, 6) is 0. The number of hydrazine groups is 1. The average Bonchev–Trinajstić information content (AvgIpc) is 1.85. The van der Waals surface area contributed by atoms with E-state index in [2.05, 4.69) is 16.2 Å². The van der Waals surface area contributed by atoms with Crippen molar-refractivity contribution in [2.75, 3.05) is 13.1 Å². The highest BCUT2D eigenvalue weighted by molar-refractivity contribution is 5.73. The van der Waals surface area contributed by atoms with Gasteiger partial charge < -0.3 is 5.32 Å². The Morgan fingerprint density at radius 3 is 2.44 bits per heavy atom. The Labute approximate surface area is 55.0 Å². The van der Waals surface area contributed by atoms with Crippen LogP contribution in [-0.2, 0) is 0 Å². The van der Waals surface area contributed by atoms with E-state index >= 15 is 0 Å². The van der Waals surface area contributed by atoms with Crippen molar-refractivity contribution in [1.29, 1.82) is 0 Å². The molecule has 0 radical (unpaired) electrons. The highest BCUT2D eigenvalue weighted by atomic mass is 16.2. The molecular formula is C5H13N3O.